The summed E-state index contributed by atoms with van der Waals surface area (Å²) in [5, 5.41) is 4.75. The second kappa shape index (κ2) is 11.3. The van der Waals surface area contributed by atoms with E-state index in [0.717, 1.165) is 47.4 Å². The van der Waals surface area contributed by atoms with Gasteiger partial charge in [0.25, 0.3) is 0 Å². The number of benzene rings is 2. The first-order valence-corrected chi connectivity index (χ1v) is 13.2. The zero-order valence-electron chi connectivity index (χ0n) is 23.5. The molecular weight excluding hydrogens is 535 g/mol. The predicted octanol–water partition coefficient (Wildman–Crippen LogP) is 7.82. The smallest absolute Gasteiger partial charge is 0.416 e. The van der Waals surface area contributed by atoms with Gasteiger partial charge in [0.15, 0.2) is 5.78 Å². The van der Waals surface area contributed by atoms with Crippen molar-refractivity contribution in [3.8, 4) is 11.1 Å². The molecule has 2 aromatic carbocycles. The zero-order chi connectivity index (χ0) is 30.1. The van der Waals surface area contributed by atoms with Gasteiger partial charge >= 0.3 is 12.3 Å². The van der Waals surface area contributed by atoms with Crippen molar-refractivity contribution in [2.45, 2.75) is 71.6 Å². The first-order valence-electron chi connectivity index (χ1n) is 13.2. The molecule has 2 N–H and O–H groups in total. The van der Waals surface area contributed by atoms with Gasteiger partial charge in [-0.15, -0.1) is 0 Å². The fourth-order valence-electron chi connectivity index (χ4n) is 4.42. The Hall–Kier alpha value is -4.21. The summed E-state index contributed by atoms with van der Waals surface area (Å²) in [5.41, 5.74) is 1.57. The van der Waals surface area contributed by atoms with Crippen LogP contribution >= 0.6 is 0 Å². The third-order valence-corrected chi connectivity index (χ3v) is 6.52. The van der Waals surface area contributed by atoms with Crippen LogP contribution in [0.1, 0.15) is 78.7 Å². The molecule has 7 nitrogen and oxygen atoms in total. The lowest BCUT2D eigenvalue weighted by Crippen LogP contribution is -2.28. The Bertz CT molecular complexity index is 1510. The number of carbonyl (C=O) groups is 3. The highest BCUT2D eigenvalue weighted by Gasteiger charge is 2.34. The van der Waals surface area contributed by atoms with Gasteiger partial charge in [-0.05, 0) is 88.4 Å². The molecule has 1 aliphatic carbocycles. The molecule has 1 heterocycles. The number of nitrogens with one attached hydrogen (secondary N) is 2. The molecule has 3 aromatic rings. The number of aryl methyl sites for hydroxylation is 2. The van der Waals surface area contributed by atoms with Gasteiger partial charge in [0.2, 0.25) is 5.91 Å². The summed E-state index contributed by atoms with van der Waals surface area (Å²) >= 11 is 0. The summed E-state index contributed by atoms with van der Waals surface area (Å²) in [4.78, 5) is 42.8. The molecule has 0 atom stereocenters. The number of pyridine rings is 1. The molecule has 0 bridgehead atoms. The van der Waals surface area contributed by atoms with Crippen molar-refractivity contribution >= 4 is 29.2 Å². The molecule has 0 spiro atoms. The van der Waals surface area contributed by atoms with Gasteiger partial charge in [0, 0.05) is 28.9 Å². The molecule has 0 unspecified atom stereocenters. The van der Waals surface area contributed by atoms with E-state index in [4.69, 9.17) is 4.74 Å². The number of anilines is 2. The Kier molecular flexibility index (Phi) is 8.24. The third-order valence-electron chi connectivity index (χ3n) is 6.52. The van der Waals surface area contributed by atoms with E-state index in [0.29, 0.717) is 5.92 Å². The Labute approximate surface area is 236 Å². The Morgan fingerprint density at radius 3 is 2.24 bits per heavy atom. The SMILES string of the molecule is Cc1cc(C2CC2)ncc1-c1cccc(C(=O)CC(=O)Nc2cc(C(F)(F)F)c(C)cc2NC(=O)OC(C)(C)C)c1. The van der Waals surface area contributed by atoms with Crippen LogP contribution in [-0.2, 0) is 15.7 Å². The van der Waals surface area contributed by atoms with E-state index in [9.17, 15) is 27.6 Å². The summed E-state index contributed by atoms with van der Waals surface area (Å²) in [6, 6.07) is 10.7. The van der Waals surface area contributed by atoms with Gasteiger partial charge in [0.05, 0.1) is 23.4 Å². The fraction of sp³-hybridized carbons (Fsp3) is 0.355. The molecule has 0 saturated heterocycles. The highest BCUT2D eigenvalue weighted by Crippen LogP contribution is 2.40. The summed E-state index contributed by atoms with van der Waals surface area (Å²) in [6.07, 6.45) is -2.17. The minimum Gasteiger partial charge on any atom is -0.444 e. The molecular formula is C31H32F3N3O4. The molecule has 1 aliphatic rings. The van der Waals surface area contributed by atoms with Crippen LogP contribution in [0, 0.1) is 13.8 Å². The van der Waals surface area contributed by atoms with Crippen LogP contribution in [0.4, 0.5) is 29.3 Å². The normalized spacial score (nSPS) is 13.5. The van der Waals surface area contributed by atoms with Crippen LogP contribution in [0.5, 0.6) is 0 Å². The molecule has 0 aliphatic heterocycles. The van der Waals surface area contributed by atoms with Crippen molar-refractivity contribution < 1.29 is 32.3 Å². The number of amides is 2. The number of aromatic nitrogens is 1. The number of hydrogen-bond acceptors (Lipinski definition) is 5. The third kappa shape index (κ3) is 7.71. The minimum atomic E-state index is -4.70. The second-order valence-electron chi connectivity index (χ2n) is 11.3. The predicted molar refractivity (Wildman–Crippen MR) is 150 cm³/mol. The van der Waals surface area contributed by atoms with E-state index in [1.807, 2.05) is 13.0 Å². The molecule has 2 amide bonds. The standard InChI is InChI=1S/C31H32F3N3O4/c1-17-11-24(19-9-10-19)35-16-22(17)20-7-6-8-21(13-20)27(38)15-28(39)36-26-14-23(31(32,33)34)18(2)12-25(26)37-29(40)41-30(3,4)5/h6-8,11-14,16,19H,9-10,15H2,1-5H3,(H,36,39)(H,37,40). The topological polar surface area (TPSA) is 97.4 Å². The first kappa shape index (κ1) is 29.8. The Morgan fingerprint density at radius 2 is 1.63 bits per heavy atom. The fourth-order valence-corrected chi connectivity index (χ4v) is 4.42. The van der Waals surface area contributed by atoms with Gasteiger partial charge in [0.1, 0.15) is 5.60 Å². The van der Waals surface area contributed by atoms with E-state index in [1.165, 1.54) is 6.92 Å². The van der Waals surface area contributed by atoms with Crippen molar-refractivity contribution in [2.24, 2.45) is 0 Å². The van der Waals surface area contributed by atoms with Crippen LogP contribution in [0.25, 0.3) is 11.1 Å². The average molecular weight is 568 g/mol. The first-order chi connectivity index (χ1) is 19.1. The van der Waals surface area contributed by atoms with Crippen molar-refractivity contribution in [3.05, 3.63) is 76.6 Å². The van der Waals surface area contributed by atoms with Crippen LogP contribution in [-0.4, -0.2) is 28.4 Å². The zero-order valence-corrected chi connectivity index (χ0v) is 23.5. The van der Waals surface area contributed by atoms with Crippen LogP contribution in [0.2, 0.25) is 0 Å². The molecule has 4 rings (SSSR count). The maximum absolute atomic E-state index is 13.6. The maximum Gasteiger partial charge on any atom is 0.416 e. The molecule has 41 heavy (non-hydrogen) atoms. The average Bonchev–Trinajstić information content (AvgIpc) is 3.69. The maximum atomic E-state index is 13.6. The summed E-state index contributed by atoms with van der Waals surface area (Å²) in [5.74, 6) is -0.847. The van der Waals surface area contributed by atoms with Crippen molar-refractivity contribution in [2.75, 3.05) is 10.6 Å². The minimum absolute atomic E-state index is 0.0924. The molecule has 1 fully saturated rings. The summed E-state index contributed by atoms with van der Waals surface area (Å²) in [7, 11) is 0. The van der Waals surface area contributed by atoms with Crippen molar-refractivity contribution in [1.29, 1.82) is 0 Å². The summed E-state index contributed by atoms with van der Waals surface area (Å²) < 4.78 is 46.0. The van der Waals surface area contributed by atoms with Gasteiger partial charge < -0.3 is 10.1 Å². The van der Waals surface area contributed by atoms with E-state index in [1.54, 1.807) is 45.2 Å². The Balaban J connectivity index is 1.53. The largest absolute Gasteiger partial charge is 0.444 e. The number of carbonyl (C=O) groups excluding carboxylic acids is 3. The van der Waals surface area contributed by atoms with E-state index < -0.39 is 41.5 Å². The van der Waals surface area contributed by atoms with Crippen LogP contribution in [0.3, 0.4) is 0 Å². The number of nitrogens with zero attached hydrogens (tertiary/aromatic N) is 1. The Morgan fingerprint density at radius 1 is 0.951 bits per heavy atom. The number of ether oxygens (including phenoxy) is 1. The molecule has 0 radical (unpaired) electrons. The quantitative estimate of drug-likeness (QED) is 0.224. The van der Waals surface area contributed by atoms with E-state index >= 15 is 0 Å². The number of alkyl halides is 3. The van der Waals surface area contributed by atoms with E-state index in [2.05, 4.69) is 21.7 Å². The highest BCUT2D eigenvalue weighted by atomic mass is 19.4. The van der Waals surface area contributed by atoms with E-state index in [-0.39, 0.29) is 22.5 Å². The lowest BCUT2D eigenvalue weighted by molar-refractivity contribution is -0.138. The van der Waals surface area contributed by atoms with Crippen molar-refractivity contribution in [1.82, 2.24) is 4.98 Å². The number of hydrogen-bond donors (Lipinski definition) is 2. The van der Waals surface area contributed by atoms with Gasteiger partial charge in [-0.1, -0.05) is 18.2 Å². The van der Waals surface area contributed by atoms with Gasteiger partial charge in [-0.25, -0.2) is 4.79 Å². The van der Waals surface area contributed by atoms with Gasteiger partial charge in [-0.2, -0.15) is 13.2 Å². The second-order valence-corrected chi connectivity index (χ2v) is 11.3. The molecule has 1 aromatic heterocycles. The van der Waals surface area contributed by atoms with Crippen molar-refractivity contribution in [3.63, 3.8) is 0 Å². The summed E-state index contributed by atoms with van der Waals surface area (Å²) in [6.45, 7) is 8.12. The molecule has 1 saturated carbocycles. The van der Waals surface area contributed by atoms with Crippen LogP contribution in [0.15, 0.2) is 48.7 Å². The number of Topliss-reactive ketones (excluding diaryl/α,β-unsaturated/α-hetero) is 1. The molecule has 216 valence electrons. The lowest BCUT2D eigenvalue weighted by Gasteiger charge is -2.21. The molecule has 10 heteroatoms. The van der Waals surface area contributed by atoms with Crippen LogP contribution < -0.4 is 10.6 Å². The lowest BCUT2D eigenvalue weighted by atomic mass is 9.97. The van der Waals surface area contributed by atoms with Gasteiger partial charge in [-0.3, -0.25) is 19.9 Å². The highest BCUT2D eigenvalue weighted by molar-refractivity contribution is 6.12. The number of rotatable bonds is 7. The number of halogens is 3. The number of ketones is 1. The monoisotopic (exact) mass is 567 g/mol.